The van der Waals surface area contributed by atoms with E-state index in [0.29, 0.717) is 6.04 Å². The molecule has 3 heterocycles. The summed E-state index contributed by atoms with van der Waals surface area (Å²) in [6.07, 6.45) is 7.30. The summed E-state index contributed by atoms with van der Waals surface area (Å²) in [4.78, 5) is 12.8. The number of thiophene rings is 1. The van der Waals surface area contributed by atoms with Gasteiger partial charge in [-0.1, -0.05) is 26.8 Å². The van der Waals surface area contributed by atoms with Crippen LogP contribution in [0.15, 0.2) is 24.5 Å². The molecule has 1 aliphatic heterocycles. The van der Waals surface area contributed by atoms with Crippen molar-refractivity contribution in [3.8, 4) is 5.88 Å². The summed E-state index contributed by atoms with van der Waals surface area (Å²) in [5, 5.41) is 2.50. The average Bonchev–Trinajstić information content (AvgIpc) is 3.23. The van der Waals surface area contributed by atoms with Crippen molar-refractivity contribution in [1.29, 1.82) is 0 Å². The van der Waals surface area contributed by atoms with Crippen molar-refractivity contribution in [3.05, 3.63) is 30.1 Å². The molecular weight excluding hydrogens is 486 g/mol. The van der Waals surface area contributed by atoms with Crippen molar-refractivity contribution < 1.29 is 13.9 Å². The van der Waals surface area contributed by atoms with Crippen LogP contribution in [0, 0.1) is 0 Å². The molecule has 0 atom stereocenters. The smallest absolute Gasteiger partial charge is 0.226 e. The predicted octanol–water partition coefficient (Wildman–Crippen LogP) is 6.43. The summed E-state index contributed by atoms with van der Waals surface area (Å²) in [5.74, 6) is 0.746. The Morgan fingerprint density at radius 3 is 2.56 bits per heavy atom. The molecule has 1 aromatic carbocycles. The van der Waals surface area contributed by atoms with Crippen LogP contribution in [0.25, 0.3) is 20.3 Å². The fraction of sp³-hybridized carbons (Fsp3) is 0.643. The van der Waals surface area contributed by atoms with Crippen molar-refractivity contribution in [2.24, 2.45) is 0 Å². The van der Waals surface area contributed by atoms with Gasteiger partial charge in [-0.2, -0.15) is 0 Å². The summed E-state index contributed by atoms with van der Waals surface area (Å²) < 4.78 is 19.8. The van der Waals surface area contributed by atoms with Crippen LogP contribution < -0.4 is 4.74 Å². The number of rotatable bonds is 7. The van der Waals surface area contributed by atoms with E-state index in [2.05, 4.69) is 66.9 Å². The average molecular weight is 528 g/mol. The van der Waals surface area contributed by atoms with Crippen molar-refractivity contribution in [2.75, 3.05) is 32.9 Å². The van der Waals surface area contributed by atoms with Gasteiger partial charge in [0.2, 0.25) is 5.88 Å². The Hall–Kier alpha value is -1.58. The highest BCUT2D eigenvalue weighted by Gasteiger charge is 2.37. The zero-order valence-electron chi connectivity index (χ0n) is 22.5. The molecule has 2 aliphatic rings. The first-order chi connectivity index (χ1) is 17.2. The molecule has 6 nitrogen and oxygen atoms in total. The van der Waals surface area contributed by atoms with E-state index in [1.165, 1.54) is 28.5 Å². The maximum Gasteiger partial charge on any atom is 0.226 e. The number of ether oxygens (including phenoxy) is 2. The maximum atomic E-state index is 6.57. The van der Waals surface area contributed by atoms with Crippen molar-refractivity contribution in [3.63, 3.8) is 0 Å². The highest BCUT2D eigenvalue weighted by atomic mass is 32.1. The molecule has 1 saturated heterocycles. The van der Waals surface area contributed by atoms with Crippen molar-refractivity contribution in [2.45, 2.75) is 83.2 Å². The zero-order chi connectivity index (χ0) is 25.3. The minimum absolute atomic E-state index is 0.219. The highest BCUT2D eigenvalue weighted by Crippen LogP contribution is 2.39. The third-order valence-electron chi connectivity index (χ3n) is 8.44. The van der Waals surface area contributed by atoms with E-state index in [4.69, 9.17) is 13.9 Å². The van der Waals surface area contributed by atoms with E-state index >= 15 is 0 Å². The Bertz CT molecular complexity index is 1180. The van der Waals surface area contributed by atoms with Gasteiger partial charge in [0.1, 0.15) is 17.3 Å². The summed E-state index contributed by atoms with van der Waals surface area (Å²) in [6, 6.07) is 7.42. The first kappa shape index (κ1) is 26.0. The Morgan fingerprint density at radius 1 is 1.08 bits per heavy atom. The van der Waals surface area contributed by atoms with E-state index in [0.717, 1.165) is 68.3 Å². The molecule has 1 aliphatic carbocycles. The molecule has 196 valence electrons. The van der Waals surface area contributed by atoms with Crippen LogP contribution in [-0.4, -0.2) is 68.2 Å². The fourth-order valence-corrected chi connectivity index (χ4v) is 7.20. The molecule has 0 unspecified atom stereocenters. The van der Waals surface area contributed by atoms with E-state index in [1.807, 2.05) is 0 Å². The van der Waals surface area contributed by atoms with Gasteiger partial charge in [0.15, 0.2) is 8.32 Å². The number of morpholine rings is 1. The van der Waals surface area contributed by atoms with Gasteiger partial charge in [0, 0.05) is 35.8 Å². The summed E-state index contributed by atoms with van der Waals surface area (Å²) in [7, 11) is -1.74. The molecule has 0 amide bonds. The first-order valence-corrected chi connectivity index (χ1v) is 17.2. The lowest BCUT2D eigenvalue weighted by molar-refractivity contribution is -0.00125. The third kappa shape index (κ3) is 5.63. The maximum absolute atomic E-state index is 6.57. The number of benzene rings is 1. The molecule has 2 fully saturated rings. The molecule has 3 aromatic rings. The summed E-state index contributed by atoms with van der Waals surface area (Å²) >= 11 is 1.72. The van der Waals surface area contributed by atoms with Crippen LogP contribution >= 0.6 is 11.3 Å². The predicted molar refractivity (Wildman–Crippen MR) is 151 cm³/mol. The molecule has 0 radical (unpaired) electrons. The van der Waals surface area contributed by atoms with Crippen LogP contribution in [0.1, 0.15) is 52.0 Å². The molecule has 36 heavy (non-hydrogen) atoms. The van der Waals surface area contributed by atoms with E-state index in [1.54, 1.807) is 17.7 Å². The molecule has 1 saturated carbocycles. The Kier molecular flexibility index (Phi) is 7.71. The second kappa shape index (κ2) is 10.7. The minimum Gasteiger partial charge on any atom is -0.474 e. The molecular formula is C28H41N3O3SSi. The van der Waals surface area contributed by atoms with E-state index in [9.17, 15) is 0 Å². The van der Waals surface area contributed by atoms with Gasteiger partial charge in [-0.15, -0.1) is 11.3 Å². The molecule has 0 spiro atoms. The highest BCUT2D eigenvalue weighted by molar-refractivity contribution is 7.25. The molecule has 0 bridgehead atoms. The molecule has 5 rings (SSSR count). The van der Waals surface area contributed by atoms with Crippen LogP contribution in [0.5, 0.6) is 5.88 Å². The molecule has 8 heteroatoms. The quantitative estimate of drug-likeness (QED) is 0.330. The third-order valence-corrected chi connectivity index (χ3v) is 14.1. The molecule has 0 N–H and O–H groups in total. The van der Waals surface area contributed by atoms with Crippen LogP contribution in [-0.2, 0) is 15.6 Å². The van der Waals surface area contributed by atoms with Gasteiger partial charge in [-0.05, 0) is 67.9 Å². The Balaban J connectivity index is 1.29. The number of aromatic nitrogens is 2. The van der Waals surface area contributed by atoms with Gasteiger partial charge in [-0.3, -0.25) is 4.90 Å². The number of hydrogen-bond donors (Lipinski definition) is 0. The monoisotopic (exact) mass is 527 g/mol. The van der Waals surface area contributed by atoms with Gasteiger partial charge >= 0.3 is 0 Å². The standard InChI is InChI=1S/C28H41N3O3SSi/c1-28(2,3)36(4,5)33-15-12-20-6-11-24-23(18-20)25-26(29-19-30-27(25)35-24)34-22-9-7-21(8-10-22)31-13-16-32-17-14-31/h6,11,18-19,21-22H,7-10,12-17H2,1-5H3. The van der Waals surface area contributed by atoms with Gasteiger partial charge in [0.05, 0.1) is 18.6 Å². The Labute approximate surface area is 220 Å². The van der Waals surface area contributed by atoms with Crippen LogP contribution in [0.4, 0.5) is 0 Å². The Morgan fingerprint density at radius 2 is 1.83 bits per heavy atom. The molecule has 2 aromatic heterocycles. The second-order valence-corrected chi connectivity index (χ2v) is 17.7. The first-order valence-electron chi connectivity index (χ1n) is 13.5. The van der Waals surface area contributed by atoms with Crippen LogP contribution in [0.2, 0.25) is 18.1 Å². The van der Waals surface area contributed by atoms with Gasteiger partial charge in [0.25, 0.3) is 0 Å². The normalized spacial score (nSPS) is 22.4. The lowest BCUT2D eigenvalue weighted by atomic mass is 9.91. The van der Waals surface area contributed by atoms with Crippen molar-refractivity contribution in [1.82, 2.24) is 14.9 Å². The lowest BCUT2D eigenvalue weighted by Crippen LogP contribution is -2.46. The topological polar surface area (TPSA) is 56.7 Å². The number of nitrogens with zero attached hydrogens (tertiary/aromatic N) is 3. The number of fused-ring (bicyclic) bond motifs is 3. The zero-order valence-corrected chi connectivity index (χ0v) is 24.3. The van der Waals surface area contributed by atoms with E-state index < -0.39 is 8.32 Å². The van der Waals surface area contributed by atoms with Gasteiger partial charge in [-0.25, -0.2) is 9.97 Å². The lowest BCUT2D eigenvalue weighted by Gasteiger charge is -2.38. The summed E-state index contributed by atoms with van der Waals surface area (Å²) in [5.41, 5.74) is 1.29. The van der Waals surface area contributed by atoms with Crippen molar-refractivity contribution >= 4 is 40.0 Å². The SMILES string of the molecule is CC(C)(C)[Si](C)(C)OCCc1ccc2sc3ncnc(OC4CCC(N5CCOCC5)CC4)c3c2c1. The van der Waals surface area contributed by atoms with Gasteiger partial charge < -0.3 is 13.9 Å². The van der Waals surface area contributed by atoms with E-state index in [-0.39, 0.29) is 11.1 Å². The number of hydrogen-bond acceptors (Lipinski definition) is 7. The van der Waals surface area contributed by atoms with Crippen LogP contribution in [0.3, 0.4) is 0 Å². The fourth-order valence-electron chi connectivity index (χ4n) is 5.14. The second-order valence-electron chi connectivity index (χ2n) is 11.8. The largest absolute Gasteiger partial charge is 0.474 e. The summed E-state index contributed by atoms with van der Waals surface area (Å²) in [6.45, 7) is 16.1. The minimum atomic E-state index is -1.74.